The minimum absolute atomic E-state index is 0.0225. The first-order valence-electron chi connectivity index (χ1n) is 8.02. The maximum Gasteiger partial charge on any atom is 0.263 e. The highest BCUT2D eigenvalue weighted by Gasteiger charge is 2.22. The van der Waals surface area contributed by atoms with Crippen LogP contribution in [0.1, 0.15) is 21.7 Å². The van der Waals surface area contributed by atoms with Crippen molar-refractivity contribution in [2.45, 2.75) is 13.5 Å². The van der Waals surface area contributed by atoms with E-state index in [1.54, 1.807) is 25.1 Å². The van der Waals surface area contributed by atoms with E-state index in [2.05, 4.69) is 15.5 Å². The van der Waals surface area contributed by atoms with Crippen LogP contribution in [0.3, 0.4) is 0 Å². The molecular formula is C19H16Cl2N4O2. The van der Waals surface area contributed by atoms with Gasteiger partial charge >= 0.3 is 0 Å². The van der Waals surface area contributed by atoms with Crippen LogP contribution in [0.4, 0.5) is 0 Å². The molecule has 6 nitrogen and oxygen atoms in total. The van der Waals surface area contributed by atoms with E-state index in [1.165, 1.54) is 0 Å². The van der Waals surface area contributed by atoms with Gasteiger partial charge in [-0.25, -0.2) is 4.99 Å². The van der Waals surface area contributed by atoms with E-state index in [4.69, 9.17) is 33.5 Å². The number of guanidine groups is 1. The SMILES string of the molecule is Cc1onc(-c2ccccc2)c1C(=O)NC(N)=NCc1ccc(Cl)c(Cl)c1. The third-order valence-electron chi connectivity index (χ3n) is 3.79. The Morgan fingerprint density at radius 2 is 1.93 bits per heavy atom. The number of nitrogens with one attached hydrogen (secondary N) is 1. The van der Waals surface area contributed by atoms with E-state index in [9.17, 15) is 4.79 Å². The predicted molar refractivity (Wildman–Crippen MR) is 106 cm³/mol. The van der Waals surface area contributed by atoms with Crippen LogP contribution >= 0.6 is 23.2 Å². The molecule has 0 saturated carbocycles. The summed E-state index contributed by atoms with van der Waals surface area (Å²) in [7, 11) is 0. The van der Waals surface area contributed by atoms with Gasteiger partial charge in [0.15, 0.2) is 5.96 Å². The molecule has 27 heavy (non-hydrogen) atoms. The number of halogens is 2. The lowest BCUT2D eigenvalue weighted by Crippen LogP contribution is -2.37. The standard InChI is InChI=1S/C19H16Cl2N4O2/c1-11-16(17(25-27-11)13-5-3-2-4-6-13)18(26)24-19(22)23-10-12-7-8-14(20)15(21)9-12/h2-9H,10H2,1H3,(H3,22,23,24,26). The van der Waals surface area contributed by atoms with Gasteiger partial charge in [-0.1, -0.05) is 64.8 Å². The molecule has 0 saturated heterocycles. The second-order valence-corrected chi connectivity index (χ2v) is 6.55. The van der Waals surface area contributed by atoms with Crippen molar-refractivity contribution in [2.24, 2.45) is 10.7 Å². The number of nitrogens with two attached hydrogens (primary N) is 1. The Hall–Kier alpha value is -2.83. The monoisotopic (exact) mass is 402 g/mol. The van der Waals surface area contributed by atoms with Crippen LogP contribution in [0.25, 0.3) is 11.3 Å². The van der Waals surface area contributed by atoms with E-state index in [1.807, 2.05) is 30.3 Å². The van der Waals surface area contributed by atoms with Gasteiger partial charge < -0.3 is 10.3 Å². The molecule has 1 heterocycles. The van der Waals surface area contributed by atoms with E-state index >= 15 is 0 Å². The van der Waals surface area contributed by atoms with E-state index in [0.717, 1.165) is 11.1 Å². The zero-order valence-corrected chi connectivity index (χ0v) is 15.9. The van der Waals surface area contributed by atoms with Gasteiger partial charge in [0.2, 0.25) is 0 Å². The summed E-state index contributed by atoms with van der Waals surface area (Å²) in [6.45, 7) is 1.91. The fourth-order valence-electron chi connectivity index (χ4n) is 2.47. The third kappa shape index (κ3) is 4.48. The van der Waals surface area contributed by atoms with Gasteiger partial charge in [-0.2, -0.15) is 0 Å². The lowest BCUT2D eigenvalue weighted by Gasteiger charge is -2.06. The van der Waals surface area contributed by atoms with Crippen LogP contribution in [0.15, 0.2) is 58.0 Å². The Bertz CT molecular complexity index is 1000. The Kier molecular flexibility index (Phi) is 5.78. The molecule has 3 rings (SSSR count). The maximum atomic E-state index is 12.6. The zero-order chi connectivity index (χ0) is 19.4. The largest absolute Gasteiger partial charge is 0.370 e. The summed E-state index contributed by atoms with van der Waals surface area (Å²) in [4.78, 5) is 16.8. The summed E-state index contributed by atoms with van der Waals surface area (Å²) in [5.74, 6) is -0.0719. The number of carbonyl (C=O) groups is 1. The fourth-order valence-corrected chi connectivity index (χ4v) is 2.79. The van der Waals surface area contributed by atoms with Crippen molar-refractivity contribution >= 4 is 35.1 Å². The van der Waals surface area contributed by atoms with Crippen molar-refractivity contribution < 1.29 is 9.32 Å². The molecule has 8 heteroatoms. The van der Waals surface area contributed by atoms with Crippen molar-refractivity contribution in [3.05, 3.63) is 75.5 Å². The summed E-state index contributed by atoms with van der Waals surface area (Å²) in [5.41, 5.74) is 8.19. The second kappa shape index (κ2) is 8.24. The van der Waals surface area contributed by atoms with E-state index < -0.39 is 5.91 Å². The van der Waals surface area contributed by atoms with Crippen LogP contribution < -0.4 is 11.1 Å². The van der Waals surface area contributed by atoms with Crippen LogP contribution in [0, 0.1) is 6.92 Å². The first-order valence-corrected chi connectivity index (χ1v) is 8.78. The number of aliphatic imine (C=N–C) groups is 1. The van der Waals surface area contributed by atoms with Crippen LogP contribution in [0.2, 0.25) is 10.0 Å². The molecule has 1 amide bonds. The molecule has 1 aromatic heterocycles. The summed E-state index contributed by atoms with van der Waals surface area (Å²) in [6, 6.07) is 14.4. The summed E-state index contributed by atoms with van der Waals surface area (Å²) in [5, 5.41) is 7.43. The van der Waals surface area contributed by atoms with Crippen molar-refractivity contribution in [3.8, 4) is 11.3 Å². The number of aromatic nitrogens is 1. The Morgan fingerprint density at radius 1 is 1.19 bits per heavy atom. The number of benzene rings is 2. The number of hydrogen-bond acceptors (Lipinski definition) is 4. The number of amides is 1. The summed E-state index contributed by atoms with van der Waals surface area (Å²) < 4.78 is 5.19. The fraction of sp³-hybridized carbons (Fsp3) is 0.105. The van der Waals surface area contributed by atoms with Crippen LogP contribution in [-0.4, -0.2) is 17.0 Å². The molecule has 2 aromatic carbocycles. The van der Waals surface area contributed by atoms with Crippen LogP contribution in [-0.2, 0) is 6.54 Å². The second-order valence-electron chi connectivity index (χ2n) is 5.73. The first kappa shape index (κ1) is 18.9. The number of rotatable bonds is 4. The molecule has 138 valence electrons. The summed E-state index contributed by atoms with van der Waals surface area (Å²) in [6.07, 6.45) is 0. The number of carbonyl (C=O) groups excluding carboxylic acids is 1. The highest BCUT2D eigenvalue weighted by atomic mass is 35.5. The number of hydrogen-bond donors (Lipinski definition) is 2. The average molecular weight is 403 g/mol. The van der Waals surface area contributed by atoms with Crippen LogP contribution in [0.5, 0.6) is 0 Å². The molecule has 0 atom stereocenters. The molecule has 0 aliphatic heterocycles. The van der Waals surface area contributed by atoms with E-state index in [-0.39, 0.29) is 12.5 Å². The van der Waals surface area contributed by atoms with Crippen molar-refractivity contribution in [2.75, 3.05) is 0 Å². The van der Waals surface area contributed by atoms with Gasteiger partial charge in [0, 0.05) is 5.56 Å². The molecule has 0 aliphatic carbocycles. The Labute approximate surface area is 166 Å². The third-order valence-corrected chi connectivity index (χ3v) is 4.53. The Balaban J connectivity index is 1.75. The quantitative estimate of drug-likeness (QED) is 0.504. The normalized spacial score (nSPS) is 11.4. The molecule has 3 aromatic rings. The number of aryl methyl sites for hydroxylation is 1. The van der Waals surface area contributed by atoms with Gasteiger partial charge in [-0.05, 0) is 24.6 Å². The van der Waals surface area contributed by atoms with Gasteiger partial charge in [0.05, 0.1) is 16.6 Å². The molecule has 0 radical (unpaired) electrons. The highest BCUT2D eigenvalue weighted by Crippen LogP contribution is 2.25. The number of nitrogens with zero attached hydrogens (tertiary/aromatic N) is 2. The van der Waals surface area contributed by atoms with Gasteiger partial charge in [0.1, 0.15) is 17.0 Å². The predicted octanol–water partition coefficient (Wildman–Crippen LogP) is 4.20. The lowest BCUT2D eigenvalue weighted by molar-refractivity contribution is 0.0975. The zero-order valence-electron chi connectivity index (χ0n) is 14.4. The molecule has 0 bridgehead atoms. The van der Waals surface area contributed by atoms with Gasteiger partial charge in [-0.3, -0.25) is 10.1 Å². The minimum Gasteiger partial charge on any atom is -0.370 e. The van der Waals surface area contributed by atoms with Gasteiger partial charge in [-0.15, -0.1) is 0 Å². The molecule has 0 fully saturated rings. The average Bonchev–Trinajstić information content (AvgIpc) is 3.05. The Morgan fingerprint density at radius 3 is 2.63 bits per heavy atom. The van der Waals surface area contributed by atoms with Crippen molar-refractivity contribution in [1.82, 2.24) is 10.5 Å². The molecular weight excluding hydrogens is 387 g/mol. The maximum absolute atomic E-state index is 12.6. The molecule has 0 aliphatic rings. The topological polar surface area (TPSA) is 93.5 Å². The highest BCUT2D eigenvalue weighted by molar-refractivity contribution is 6.42. The van der Waals surface area contributed by atoms with E-state index in [0.29, 0.717) is 27.1 Å². The van der Waals surface area contributed by atoms with Gasteiger partial charge in [0.25, 0.3) is 5.91 Å². The summed E-state index contributed by atoms with van der Waals surface area (Å²) >= 11 is 11.9. The first-order chi connectivity index (χ1) is 13.0. The lowest BCUT2D eigenvalue weighted by atomic mass is 10.1. The smallest absolute Gasteiger partial charge is 0.263 e. The molecule has 0 spiro atoms. The molecule has 3 N–H and O–H groups in total. The van der Waals surface area contributed by atoms with Crippen molar-refractivity contribution in [1.29, 1.82) is 0 Å². The minimum atomic E-state index is -0.442. The molecule has 0 unspecified atom stereocenters. The van der Waals surface area contributed by atoms with Crippen molar-refractivity contribution in [3.63, 3.8) is 0 Å².